The lowest BCUT2D eigenvalue weighted by Crippen LogP contribution is -2.49. The van der Waals surface area contributed by atoms with Gasteiger partial charge in [-0.3, -0.25) is 0 Å². The van der Waals surface area contributed by atoms with Crippen LogP contribution in [0.3, 0.4) is 0 Å². The summed E-state index contributed by atoms with van der Waals surface area (Å²) < 4.78 is 1.23. The summed E-state index contributed by atoms with van der Waals surface area (Å²) in [5.74, 6) is 0. The van der Waals surface area contributed by atoms with E-state index in [-0.39, 0.29) is 0 Å². The summed E-state index contributed by atoms with van der Waals surface area (Å²) in [6.07, 6.45) is 2.68. The van der Waals surface area contributed by atoms with Crippen molar-refractivity contribution >= 4 is 0 Å². The first-order valence-corrected chi connectivity index (χ1v) is 4.91. The predicted octanol–water partition coefficient (Wildman–Crippen LogP) is 2.66. The summed E-state index contributed by atoms with van der Waals surface area (Å²) >= 11 is 0. The summed E-state index contributed by atoms with van der Waals surface area (Å²) in [5.41, 5.74) is 0. The van der Waals surface area contributed by atoms with Gasteiger partial charge in [0.2, 0.25) is 0 Å². The molecular weight excluding hydrogens is 134 g/mol. The monoisotopic (exact) mass is 158 g/mol. The van der Waals surface area contributed by atoms with E-state index in [1.807, 2.05) is 0 Å². The van der Waals surface area contributed by atoms with Crippen molar-refractivity contribution in [2.24, 2.45) is 0 Å². The first-order chi connectivity index (χ1) is 5.06. The highest BCUT2D eigenvalue weighted by Gasteiger charge is 2.21. The maximum absolute atomic E-state index is 2.36. The summed E-state index contributed by atoms with van der Waals surface area (Å²) in [4.78, 5) is 0. The average molecular weight is 158 g/mol. The van der Waals surface area contributed by atoms with E-state index in [2.05, 4.69) is 34.7 Å². The Bertz CT molecular complexity index is 99.0. The van der Waals surface area contributed by atoms with Crippen LogP contribution in [0.4, 0.5) is 0 Å². The minimum absolute atomic E-state index is 0.770. The van der Waals surface area contributed by atoms with Gasteiger partial charge in [0.05, 0.1) is 26.2 Å². The number of unbranched alkanes of at least 4 members (excludes halogenated alkanes) is 1. The van der Waals surface area contributed by atoms with Crippen molar-refractivity contribution in [1.29, 1.82) is 0 Å². The molecule has 1 atom stereocenters. The van der Waals surface area contributed by atoms with Crippen LogP contribution in [0.25, 0.3) is 0 Å². The Hall–Kier alpha value is -0.0400. The van der Waals surface area contributed by atoms with Crippen LogP contribution in [0.1, 0.15) is 40.5 Å². The van der Waals surface area contributed by atoms with Crippen molar-refractivity contribution in [1.82, 2.24) is 0 Å². The average Bonchev–Trinajstić information content (AvgIpc) is 2.00. The molecular formula is C10H24N+. The molecule has 0 N–H and O–H groups in total. The molecule has 0 aromatic rings. The lowest BCUT2D eigenvalue weighted by molar-refractivity contribution is -0.928. The Balaban J connectivity index is 3.88. The van der Waals surface area contributed by atoms with Crippen LogP contribution >= 0.6 is 0 Å². The second-order valence-electron chi connectivity index (χ2n) is 3.97. The third-order valence-corrected chi connectivity index (χ3v) is 2.99. The van der Waals surface area contributed by atoms with Crippen LogP contribution in [0, 0.1) is 0 Å². The smallest absolute Gasteiger partial charge is 0.0831 e. The number of hydrogen-bond donors (Lipinski definition) is 0. The van der Waals surface area contributed by atoms with Gasteiger partial charge in [-0.1, -0.05) is 13.3 Å². The standard InChI is InChI=1S/C10H24N/c1-6-8-9-11(5,7-2)10(3)4/h10H,6-9H2,1-5H3/q+1. The lowest BCUT2D eigenvalue weighted by atomic mass is 10.2. The van der Waals surface area contributed by atoms with Crippen LogP contribution < -0.4 is 0 Å². The van der Waals surface area contributed by atoms with E-state index in [9.17, 15) is 0 Å². The van der Waals surface area contributed by atoms with Crippen LogP contribution in [0.2, 0.25) is 0 Å². The highest BCUT2D eigenvalue weighted by atomic mass is 15.3. The number of quaternary nitrogens is 1. The van der Waals surface area contributed by atoms with Gasteiger partial charge >= 0.3 is 0 Å². The second kappa shape index (κ2) is 4.76. The third kappa shape index (κ3) is 3.24. The van der Waals surface area contributed by atoms with Gasteiger partial charge < -0.3 is 4.48 Å². The quantitative estimate of drug-likeness (QED) is 0.540. The maximum atomic E-state index is 2.36. The molecule has 0 aliphatic rings. The van der Waals surface area contributed by atoms with Crippen molar-refractivity contribution in [3.8, 4) is 0 Å². The molecule has 0 aliphatic heterocycles. The molecule has 0 aromatic carbocycles. The van der Waals surface area contributed by atoms with Crippen LogP contribution in [0.15, 0.2) is 0 Å². The predicted molar refractivity (Wildman–Crippen MR) is 51.6 cm³/mol. The molecule has 0 spiro atoms. The van der Waals surface area contributed by atoms with Gasteiger partial charge in [0.1, 0.15) is 0 Å². The molecule has 0 bridgehead atoms. The van der Waals surface area contributed by atoms with Gasteiger partial charge in [-0.15, -0.1) is 0 Å². The van der Waals surface area contributed by atoms with E-state index < -0.39 is 0 Å². The third-order valence-electron chi connectivity index (χ3n) is 2.99. The zero-order valence-electron chi connectivity index (χ0n) is 8.85. The first-order valence-electron chi connectivity index (χ1n) is 4.91. The fourth-order valence-electron chi connectivity index (χ4n) is 1.30. The number of hydrogen-bond acceptors (Lipinski definition) is 0. The molecule has 11 heavy (non-hydrogen) atoms. The molecule has 0 aliphatic carbocycles. The highest BCUT2D eigenvalue weighted by molar-refractivity contribution is 4.43. The molecule has 0 fully saturated rings. The Morgan fingerprint density at radius 3 is 2.00 bits per heavy atom. The first kappa shape index (κ1) is 11.0. The van der Waals surface area contributed by atoms with Crippen molar-refractivity contribution in [2.45, 2.75) is 46.6 Å². The van der Waals surface area contributed by atoms with Gasteiger partial charge in [-0.25, -0.2) is 0 Å². The van der Waals surface area contributed by atoms with E-state index >= 15 is 0 Å². The van der Waals surface area contributed by atoms with Crippen molar-refractivity contribution in [3.05, 3.63) is 0 Å². The van der Waals surface area contributed by atoms with Gasteiger partial charge in [0, 0.05) is 0 Å². The van der Waals surface area contributed by atoms with E-state index in [1.165, 1.54) is 30.4 Å². The minimum atomic E-state index is 0.770. The topological polar surface area (TPSA) is 0 Å². The van der Waals surface area contributed by atoms with Gasteiger partial charge in [-0.2, -0.15) is 0 Å². The second-order valence-corrected chi connectivity index (χ2v) is 3.97. The molecule has 0 amide bonds. The molecule has 1 heteroatoms. The minimum Gasteiger partial charge on any atom is -0.324 e. The van der Waals surface area contributed by atoms with Crippen molar-refractivity contribution in [3.63, 3.8) is 0 Å². The van der Waals surface area contributed by atoms with Gasteiger partial charge in [0.25, 0.3) is 0 Å². The Morgan fingerprint density at radius 2 is 1.73 bits per heavy atom. The van der Waals surface area contributed by atoms with Crippen molar-refractivity contribution < 1.29 is 4.48 Å². The molecule has 0 heterocycles. The maximum Gasteiger partial charge on any atom is 0.0831 e. The summed E-state index contributed by atoms with van der Waals surface area (Å²) in [6, 6.07) is 0.770. The Labute approximate surface area is 72.0 Å². The normalized spacial score (nSPS) is 16.9. The molecule has 0 rings (SSSR count). The number of rotatable bonds is 5. The number of nitrogens with zero attached hydrogens (tertiary/aromatic N) is 1. The van der Waals surface area contributed by atoms with Gasteiger partial charge in [-0.05, 0) is 27.2 Å². The summed E-state index contributed by atoms with van der Waals surface area (Å²) in [7, 11) is 2.36. The fourth-order valence-corrected chi connectivity index (χ4v) is 1.30. The summed E-state index contributed by atoms with van der Waals surface area (Å²) in [6.45, 7) is 11.8. The molecule has 68 valence electrons. The van der Waals surface area contributed by atoms with Crippen LogP contribution in [0.5, 0.6) is 0 Å². The van der Waals surface area contributed by atoms with E-state index in [4.69, 9.17) is 0 Å². The van der Waals surface area contributed by atoms with Gasteiger partial charge in [0.15, 0.2) is 0 Å². The zero-order valence-corrected chi connectivity index (χ0v) is 8.85. The Kier molecular flexibility index (Phi) is 4.74. The van der Waals surface area contributed by atoms with Crippen molar-refractivity contribution in [2.75, 3.05) is 20.1 Å². The fraction of sp³-hybridized carbons (Fsp3) is 1.00. The largest absolute Gasteiger partial charge is 0.324 e. The molecule has 1 unspecified atom stereocenters. The molecule has 0 saturated carbocycles. The van der Waals surface area contributed by atoms with E-state index in [0.29, 0.717) is 0 Å². The molecule has 0 aromatic heterocycles. The van der Waals surface area contributed by atoms with Crippen LogP contribution in [-0.2, 0) is 0 Å². The van der Waals surface area contributed by atoms with Crippen LogP contribution in [-0.4, -0.2) is 30.7 Å². The lowest BCUT2D eigenvalue weighted by Gasteiger charge is -2.37. The highest BCUT2D eigenvalue weighted by Crippen LogP contribution is 2.10. The summed E-state index contributed by atoms with van der Waals surface area (Å²) in [5, 5.41) is 0. The van der Waals surface area contributed by atoms with E-state index in [1.54, 1.807) is 0 Å². The molecule has 0 saturated heterocycles. The molecule has 0 radical (unpaired) electrons. The van der Waals surface area contributed by atoms with E-state index in [0.717, 1.165) is 6.04 Å². The Morgan fingerprint density at radius 1 is 1.18 bits per heavy atom. The molecule has 1 nitrogen and oxygen atoms in total. The zero-order chi connectivity index (χ0) is 8.91. The SMILES string of the molecule is CCCC[N+](C)(CC)C(C)C.